The number of sulfonamides is 1. The second-order valence-corrected chi connectivity index (χ2v) is 8.15. The largest absolute Gasteiger partial charge is 0.322 e. The third kappa shape index (κ3) is 5.49. The van der Waals surface area contributed by atoms with Gasteiger partial charge in [-0.1, -0.05) is 19.9 Å². The zero-order valence-corrected chi connectivity index (χ0v) is 17.3. The van der Waals surface area contributed by atoms with Crippen molar-refractivity contribution in [1.29, 1.82) is 0 Å². The smallest absolute Gasteiger partial charge is 0.269 e. The Labute approximate surface area is 170 Å². The van der Waals surface area contributed by atoms with Gasteiger partial charge in [0.15, 0.2) is 0 Å². The summed E-state index contributed by atoms with van der Waals surface area (Å²) in [6, 6.07) is 10.5. The fourth-order valence-corrected chi connectivity index (χ4v) is 4.43. The maximum atomic E-state index is 12.8. The van der Waals surface area contributed by atoms with Crippen LogP contribution in [0.3, 0.4) is 0 Å². The summed E-state index contributed by atoms with van der Waals surface area (Å²) in [5.74, 6) is -0.446. The molecule has 29 heavy (non-hydrogen) atoms. The predicted octanol–water partition coefficient (Wildman–Crippen LogP) is 3.59. The van der Waals surface area contributed by atoms with Crippen LogP contribution >= 0.6 is 0 Å². The maximum Gasteiger partial charge on any atom is 0.269 e. The Kier molecular flexibility index (Phi) is 7.24. The Morgan fingerprint density at radius 1 is 1.14 bits per heavy atom. The van der Waals surface area contributed by atoms with E-state index in [1.165, 1.54) is 46.8 Å². The first-order valence-electron chi connectivity index (χ1n) is 9.03. The highest BCUT2D eigenvalue weighted by atomic mass is 32.2. The number of nitrogens with zero attached hydrogens (tertiary/aromatic N) is 2. The third-order valence-corrected chi connectivity index (χ3v) is 6.50. The monoisotopic (exact) mass is 417 g/mol. The van der Waals surface area contributed by atoms with Crippen LogP contribution in [-0.2, 0) is 14.8 Å². The second-order valence-electron chi connectivity index (χ2n) is 6.24. The standard InChI is InChI=1S/C20H23N3O5S/c1-4-22(5-2)29(27,28)19-14-17(10-6-15(19)3)21-20(24)13-9-16-7-11-18(12-8-16)23(25)26/h6-14H,4-5H2,1-3H3,(H,21,24)/b13-9+. The van der Waals surface area contributed by atoms with Crippen LogP contribution in [0.2, 0.25) is 0 Å². The Balaban J connectivity index is 2.17. The quantitative estimate of drug-likeness (QED) is 0.401. The molecule has 0 spiro atoms. The van der Waals surface area contributed by atoms with Gasteiger partial charge in [0, 0.05) is 37.0 Å². The molecule has 1 N–H and O–H groups in total. The van der Waals surface area contributed by atoms with Gasteiger partial charge in [-0.15, -0.1) is 0 Å². The first-order valence-corrected chi connectivity index (χ1v) is 10.5. The van der Waals surface area contributed by atoms with Crippen molar-refractivity contribution in [2.75, 3.05) is 18.4 Å². The number of hydrogen-bond donors (Lipinski definition) is 1. The molecule has 0 aliphatic carbocycles. The van der Waals surface area contributed by atoms with E-state index >= 15 is 0 Å². The molecule has 0 fully saturated rings. The van der Waals surface area contributed by atoms with Crippen molar-refractivity contribution >= 4 is 33.4 Å². The number of hydrogen-bond acceptors (Lipinski definition) is 5. The molecule has 0 radical (unpaired) electrons. The molecule has 0 bridgehead atoms. The molecule has 0 unspecified atom stereocenters. The van der Waals surface area contributed by atoms with Gasteiger partial charge in [-0.2, -0.15) is 4.31 Å². The van der Waals surface area contributed by atoms with Crippen molar-refractivity contribution < 1.29 is 18.1 Å². The van der Waals surface area contributed by atoms with Crippen LogP contribution < -0.4 is 5.32 Å². The Hall–Kier alpha value is -3.04. The predicted molar refractivity (Wildman–Crippen MR) is 112 cm³/mol. The highest BCUT2D eigenvalue weighted by Crippen LogP contribution is 2.23. The lowest BCUT2D eigenvalue weighted by atomic mass is 10.2. The summed E-state index contributed by atoms with van der Waals surface area (Å²) in [5.41, 5.74) is 1.55. The minimum Gasteiger partial charge on any atom is -0.322 e. The van der Waals surface area contributed by atoms with E-state index in [1.54, 1.807) is 32.9 Å². The zero-order chi connectivity index (χ0) is 21.6. The summed E-state index contributed by atoms with van der Waals surface area (Å²) in [6.07, 6.45) is 2.79. The van der Waals surface area contributed by atoms with Gasteiger partial charge in [0.05, 0.1) is 9.82 Å². The summed E-state index contributed by atoms with van der Waals surface area (Å²) >= 11 is 0. The van der Waals surface area contributed by atoms with Gasteiger partial charge in [-0.3, -0.25) is 14.9 Å². The number of anilines is 1. The van der Waals surface area contributed by atoms with E-state index in [-0.39, 0.29) is 10.6 Å². The summed E-state index contributed by atoms with van der Waals surface area (Å²) < 4.78 is 26.9. The van der Waals surface area contributed by atoms with E-state index in [1.807, 2.05) is 0 Å². The first-order chi connectivity index (χ1) is 13.7. The van der Waals surface area contributed by atoms with Crippen molar-refractivity contribution in [2.45, 2.75) is 25.7 Å². The van der Waals surface area contributed by atoms with Crippen molar-refractivity contribution in [3.05, 3.63) is 69.8 Å². The lowest BCUT2D eigenvalue weighted by Gasteiger charge is -2.20. The molecule has 0 saturated heterocycles. The van der Waals surface area contributed by atoms with Gasteiger partial charge >= 0.3 is 0 Å². The molecule has 2 aromatic carbocycles. The number of carbonyl (C=O) groups excluding carboxylic acids is 1. The number of nitrogens with one attached hydrogen (secondary N) is 1. The number of amides is 1. The molecule has 0 saturated carbocycles. The fourth-order valence-electron chi connectivity index (χ4n) is 2.72. The van der Waals surface area contributed by atoms with E-state index in [2.05, 4.69) is 5.32 Å². The van der Waals surface area contributed by atoms with E-state index in [0.29, 0.717) is 29.9 Å². The van der Waals surface area contributed by atoms with E-state index in [4.69, 9.17) is 0 Å². The summed E-state index contributed by atoms with van der Waals surface area (Å²) in [6.45, 7) is 5.95. The Bertz CT molecular complexity index is 1030. The van der Waals surface area contributed by atoms with Gasteiger partial charge in [-0.25, -0.2) is 8.42 Å². The minimum absolute atomic E-state index is 0.0341. The maximum absolute atomic E-state index is 12.8. The van der Waals surface area contributed by atoms with Gasteiger partial charge in [-0.05, 0) is 48.4 Å². The number of rotatable bonds is 8. The summed E-state index contributed by atoms with van der Waals surface area (Å²) in [4.78, 5) is 22.5. The molecule has 154 valence electrons. The molecule has 2 aromatic rings. The van der Waals surface area contributed by atoms with Gasteiger partial charge < -0.3 is 5.32 Å². The Morgan fingerprint density at radius 3 is 2.31 bits per heavy atom. The molecular weight excluding hydrogens is 394 g/mol. The number of non-ortho nitro benzene ring substituents is 1. The molecule has 0 aliphatic heterocycles. The van der Waals surface area contributed by atoms with Gasteiger partial charge in [0.1, 0.15) is 0 Å². The summed E-state index contributed by atoms with van der Waals surface area (Å²) in [7, 11) is -3.65. The average Bonchev–Trinajstić information content (AvgIpc) is 2.68. The second kappa shape index (κ2) is 9.44. The highest BCUT2D eigenvalue weighted by molar-refractivity contribution is 7.89. The molecule has 1 amide bonds. The van der Waals surface area contributed by atoms with E-state index < -0.39 is 20.9 Å². The molecule has 2 rings (SSSR count). The number of nitro groups is 1. The Morgan fingerprint density at radius 2 is 1.76 bits per heavy atom. The topological polar surface area (TPSA) is 110 Å². The minimum atomic E-state index is -3.65. The van der Waals surface area contributed by atoms with Crippen LogP contribution in [-0.4, -0.2) is 36.6 Å². The zero-order valence-electron chi connectivity index (χ0n) is 16.5. The molecule has 0 heterocycles. The van der Waals surface area contributed by atoms with Crippen molar-refractivity contribution in [1.82, 2.24) is 4.31 Å². The number of aryl methyl sites for hydroxylation is 1. The first kappa shape index (κ1) is 22.3. The van der Waals surface area contributed by atoms with Crippen LogP contribution in [0.5, 0.6) is 0 Å². The van der Waals surface area contributed by atoms with Gasteiger partial charge in [0.25, 0.3) is 5.69 Å². The molecule has 0 atom stereocenters. The molecule has 8 nitrogen and oxygen atoms in total. The normalized spacial score (nSPS) is 11.7. The van der Waals surface area contributed by atoms with Crippen LogP contribution in [0.25, 0.3) is 6.08 Å². The van der Waals surface area contributed by atoms with Crippen LogP contribution in [0.4, 0.5) is 11.4 Å². The van der Waals surface area contributed by atoms with E-state index in [9.17, 15) is 23.3 Å². The lowest BCUT2D eigenvalue weighted by molar-refractivity contribution is -0.384. The van der Waals surface area contributed by atoms with Crippen molar-refractivity contribution in [3.8, 4) is 0 Å². The number of nitro benzene ring substituents is 1. The number of carbonyl (C=O) groups is 1. The summed E-state index contributed by atoms with van der Waals surface area (Å²) in [5, 5.41) is 13.3. The SMILES string of the molecule is CCN(CC)S(=O)(=O)c1cc(NC(=O)/C=C/c2ccc([N+](=O)[O-])cc2)ccc1C. The fraction of sp³-hybridized carbons (Fsp3) is 0.250. The molecular formula is C20H23N3O5S. The van der Waals surface area contributed by atoms with Crippen LogP contribution in [0.1, 0.15) is 25.0 Å². The molecule has 0 aliphatic rings. The lowest BCUT2D eigenvalue weighted by Crippen LogP contribution is -2.31. The van der Waals surface area contributed by atoms with Crippen molar-refractivity contribution in [3.63, 3.8) is 0 Å². The van der Waals surface area contributed by atoms with Crippen LogP contribution in [0, 0.1) is 17.0 Å². The van der Waals surface area contributed by atoms with E-state index in [0.717, 1.165) is 0 Å². The average molecular weight is 417 g/mol. The van der Waals surface area contributed by atoms with Crippen molar-refractivity contribution in [2.24, 2.45) is 0 Å². The van der Waals surface area contributed by atoms with Gasteiger partial charge in [0.2, 0.25) is 15.9 Å². The van der Waals surface area contributed by atoms with Crippen LogP contribution in [0.15, 0.2) is 53.4 Å². The molecule has 9 heteroatoms. The highest BCUT2D eigenvalue weighted by Gasteiger charge is 2.23. The molecule has 0 aromatic heterocycles. The third-order valence-electron chi connectivity index (χ3n) is 4.31. The number of benzene rings is 2.